The van der Waals surface area contributed by atoms with Crippen LogP contribution in [0.1, 0.15) is 27.7 Å². The average molecular weight is 281 g/mol. The number of nitrogens with one attached hydrogen (secondary N) is 1. The summed E-state index contributed by atoms with van der Waals surface area (Å²) in [5, 5.41) is 20.3. The summed E-state index contributed by atoms with van der Waals surface area (Å²) in [6.45, 7) is 0. The van der Waals surface area contributed by atoms with Crippen LogP contribution in [0.4, 0.5) is 0 Å². The Morgan fingerprint density at radius 1 is 1.19 bits per heavy atom. The molecule has 1 aromatic heterocycles. The number of hydrogen-bond donors (Lipinski definition) is 2. The van der Waals surface area contributed by atoms with E-state index in [1.165, 1.54) is 18.3 Å². The first-order valence-corrected chi connectivity index (χ1v) is 6.06. The Morgan fingerprint density at radius 3 is 2.43 bits per heavy atom. The third kappa shape index (κ3) is 3.42. The van der Waals surface area contributed by atoms with Crippen LogP contribution in [0.2, 0.25) is 0 Å². The molecule has 2 rings (SSSR count). The largest absolute Gasteiger partial charge is 0.479 e. The molecule has 6 nitrogen and oxygen atoms in total. The molecular formula is C15H11N3O3. The number of aliphatic carboxylic acids is 1. The van der Waals surface area contributed by atoms with Crippen molar-refractivity contribution in [3.63, 3.8) is 0 Å². The molecule has 1 heterocycles. The number of carboxylic acid groups (broad SMARTS) is 1. The Kier molecular flexibility index (Phi) is 4.26. The number of benzene rings is 1. The summed E-state index contributed by atoms with van der Waals surface area (Å²) in [6.07, 6.45) is 1.26. The van der Waals surface area contributed by atoms with Gasteiger partial charge in [0.05, 0.1) is 5.56 Å². The van der Waals surface area contributed by atoms with Crippen molar-refractivity contribution in [1.82, 2.24) is 10.3 Å². The number of carbonyl (C=O) groups excluding carboxylic acids is 1. The first-order chi connectivity index (χ1) is 10.1. The molecule has 104 valence electrons. The Morgan fingerprint density at radius 2 is 1.90 bits per heavy atom. The molecule has 1 amide bonds. The fourth-order valence-electron chi connectivity index (χ4n) is 1.73. The molecule has 0 bridgehead atoms. The molecule has 6 heteroatoms. The zero-order valence-electron chi connectivity index (χ0n) is 10.9. The Hall–Kier alpha value is -3.20. The summed E-state index contributed by atoms with van der Waals surface area (Å²) in [5.41, 5.74) is 0.840. The third-order valence-electron chi connectivity index (χ3n) is 2.78. The van der Waals surface area contributed by atoms with Crippen LogP contribution in [-0.2, 0) is 4.79 Å². The number of carbonyl (C=O) groups is 2. The van der Waals surface area contributed by atoms with Gasteiger partial charge in [-0.15, -0.1) is 0 Å². The highest BCUT2D eigenvalue weighted by atomic mass is 16.4. The van der Waals surface area contributed by atoms with Crippen LogP contribution in [0, 0.1) is 11.3 Å². The molecule has 1 atom stereocenters. The first kappa shape index (κ1) is 14.2. The quantitative estimate of drug-likeness (QED) is 0.884. The van der Waals surface area contributed by atoms with E-state index in [0.717, 1.165) is 0 Å². The SMILES string of the molecule is N#Cc1ccc(C(=O)NC(C(=O)O)c2ccccc2)nc1. The van der Waals surface area contributed by atoms with E-state index in [9.17, 15) is 14.7 Å². The van der Waals surface area contributed by atoms with Gasteiger partial charge in [0.15, 0.2) is 6.04 Å². The molecule has 0 aliphatic rings. The molecule has 0 spiro atoms. The van der Waals surface area contributed by atoms with E-state index >= 15 is 0 Å². The number of hydrogen-bond acceptors (Lipinski definition) is 4. The Bertz CT molecular complexity index is 690. The van der Waals surface area contributed by atoms with E-state index in [2.05, 4.69) is 10.3 Å². The second-order valence-corrected chi connectivity index (χ2v) is 4.20. The molecule has 2 N–H and O–H groups in total. The van der Waals surface area contributed by atoms with Gasteiger partial charge in [0.2, 0.25) is 0 Å². The van der Waals surface area contributed by atoms with E-state index in [-0.39, 0.29) is 5.69 Å². The number of nitriles is 1. The minimum Gasteiger partial charge on any atom is -0.479 e. The predicted molar refractivity (Wildman–Crippen MR) is 73.2 cm³/mol. The van der Waals surface area contributed by atoms with Crippen LogP contribution in [-0.4, -0.2) is 22.0 Å². The fourth-order valence-corrected chi connectivity index (χ4v) is 1.73. The normalized spacial score (nSPS) is 11.2. The predicted octanol–water partition coefficient (Wildman–Crippen LogP) is 1.51. The van der Waals surface area contributed by atoms with Crippen molar-refractivity contribution in [1.29, 1.82) is 5.26 Å². The lowest BCUT2D eigenvalue weighted by molar-refractivity contribution is -0.139. The van der Waals surface area contributed by atoms with Crippen molar-refractivity contribution in [2.45, 2.75) is 6.04 Å². The zero-order chi connectivity index (χ0) is 15.2. The van der Waals surface area contributed by atoms with Crippen LogP contribution in [0.5, 0.6) is 0 Å². The molecule has 1 unspecified atom stereocenters. The molecule has 0 saturated carbocycles. The van der Waals surface area contributed by atoms with Crippen molar-refractivity contribution < 1.29 is 14.7 Å². The van der Waals surface area contributed by atoms with Gasteiger partial charge in [-0.1, -0.05) is 30.3 Å². The van der Waals surface area contributed by atoms with Gasteiger partial charge in [-0.3, -0.25) is 4.79 Å². The highest BCUT2D eigenvalue weighted by molar-refractivity contribution is 5.95. The number of amides is 1. The van der Waals surface area contributed by atoms with Crippen LogP contribution in [0.15, 0.2) is 48.7 Å². The highest BCUT2D eigenvalue weighted by Crippen LogP contribution is 2.13. The topological polar surface area (TPSA) is 103 Å². The summed E-state index contributed by atoms with van der Waals surface area (Å²) in [5.74, 6) is -1.78. The van der Waals surface area contributed by atoms with Crippen molar-refractivity contribution in [2.75, 3.05) is 0 Å². The van der Waals surface area contributed by atoms with Crippen LogP contribution in [0.3, 0.4) is 0 Å². The second kappa shape index (κ2) is 6.30. The molecule has 2 aromatic rings. The Labute approximate surface area is 120 Å². The monoisotopic (exact) mass is 281 g/mol. The van der Waals surface area contributed by atoms with E-state index in [4.69, 9.17) is 5.26 Å². The summed E-state index contributed by atoms with van der Waals surface area (Å²) in [4.78, 5) is 27.1. The van der Waals surface area contributed by atoms with Gasteiger partial charge in [0.1, 0.15) is 11.8 Å². The highest BCUT2D eigenvalue weighted by Gasteiger charge is 2.22. The van der Waals surface area contributed by atoms with Gasteiger partial charge in [-0.05, 0) is 17.7 Å². The molecule has 0 saturated heterocycles. The number of aromatic nitrogens is 1. The summed E-state index contributed by atoms with van der Waals surface area (Å²) in [6, 6.07) is 11.9. The number of rotatable bonds is 4. The smallest absolute Gasteiger partial charge is 0.330 e. The van der Waals surface area contributed by atoms with E-state index in [1.54, 1.807) is 30.3 Å². The molecular weight excluding hydrogens is 270 g/mol. The zero-order valence-corrected chi connectivity index (χ0v) is 10.9. The van der Waals surface area contributed by atoms with Gasteiger partial charge in [0.25, 0.3) is 5.91 Å². The van der Waals surface area contributed by atoms with Crippen LogP contribution < -0.4 is 5.32 Å². The van der Waals surface area contributed by atoms with Gasteiger partial charge >= 0.3 is 5.97 Å². The van der Waals surface area contributed by atoms with Crippen LogP contribution in [0.25, 0.3) is 0 Å². The van der Waals surface area contributed by atoms with E-state index in [1.807, 2.05) is 6.07 Å². The third-order valence-corrected chi connectivity index (χ3v) is 2.78. The first-order valence-electron chi connectivity index (χ1n) is 6.06. The Balaban J connectivity index is 2.19. The van der Waals surface area contributed by atoms with Gasteiger partial charge in [-0.2, -0.15) is 5.26 Å². The lowest BCUT2D eigenvalue weighted by Crippen LogP contribution is -2.34. The molecule has 0 aliphatic carbocycles. The molecule has 1 aromatic carbocycles. The van der Waals surface area contributed by atoms with Gasteiger partial charge < -0.3 is 10.4 Å². The van der Waals surface area contributed by atoms with Crippen molar-refractivity contribution in [2.24, 2.45) is 0 Å². The molecule has 0 aliphatic heterocycles. The number of nitrogens with zero attached hydrogens (tertiary/aromatic N) is 2. The second-order valence-electron chi connectivity index (χ2n) is 4.20. The minimum atomic E-state index is -1.16. The van der Waals surface area contributed by atoms with Gasteiger partial charge in [0, 0.05) is 6.20 Å². The van der Waals surface area contributed by atoms with Gasteiger partial charge in [-0.25, -0.2) is 9.78 Å². The summed E-state index contributed by atoms with van der Waals surface area (Å²) >= 11 is 0. The maximum atomic E-state index is 12.0. The molecule has 0 radical (unpaired) electrons. The minimum absolute atomic E-state index is 0.0520. The molecule has 21 heavy (non-hydrogen) atoms. The maximum Gasteiger partial charge on any atom is 0.330 e. The van der Waals surface area contributed by atoms with Crippen molar-refractivity contribution >= 4 is 11.9 Å². The number of carboxylic acids is 1. The number of pyridine rings is 1. The maximum absolute atomic E-state index is 12.0. The van der Waals surface area contributed by atoms with E-state index < -0.39 is 17.9 Å². The average Bonchev–Trinajstić information content (AvgIpc) is 2.53. The standard InChI is InChI=1S/C15H11N3O3/c16-8-10-6-7-12(17-9-10)14(19)18-13(15(20)21)11-4-2-1-3-5-11/h1-7,9,13H,(H,18,19)(H,20,21). The van der Waals surface area contributed by atoms with Crippen molar-refractivity contribution in [3.8, 4) is 6.07 Å². The lowest BCUT2D eigenvalue weighted by Gasteiger charge is -2.14. The van der Waals surface area contributed by atoms with Crippen LogP contribution >= 0.6 is 0 Å². The van der Waals surface area contributed by atoms with Crippen molar-refractivity contribution in [3.05, 3.63) is 65.5 Å². The summed E-state index contributed by atoms with van der Waals surface area (Å²) in [7, 11) is 0. The summed E-state index contributed by atoms with van der Waals surface area (Å²) < 4.78 is 0. The molecule has 0 fully saturated rings. The fraction of sp³-hybridized carbons (Fsp3) is 0.0667. The lowest BCUT2D eigenvalue weighted by atomic mass is 10.1. The van der Waals surface area contributed by atoms with E-state index in [0.29, 0.717) is 11.1 Å².